The van der Waals surface area contributed by atoms with Crippen LogP contribution in [0.4, 0.5) is 0 Å². The molecule has 0 unspecified atom stereocenters. The maximum Gasteiger partial charge on any atom is 0.261 e. The third kappa shape index (κ3) is 5.85. The Bertz CT molecular complexity index is 1160. The van der Waals surface area contributed by atoms with Crippen LogP contribution in [0.5, 0.6) is 0 Å². The molecule has 0 saturated carbocycles. The minimum Gasteiger partial charge on any atom is -0.394 e. The predicted molar refractivity (Wildman–Crippen MR) is 142 cm³/mol. The van der Waals surface area contributed by atoms with E-state index in [1.165, 1.54) is 23.6 Å². The molecule has 2 aromatic carbocycles. The lowest BCUT2D eigenvalue weighted by molar-refractivity contribution is -0.173. The number of nitrogens with zero attached hydrogens (tertiary/aromatic N) is 1. The number of aliphatic hydroxyl groups excluding tert-OH is 3. The molecule has 0 radical (unpaired) electrons. The zero-order valence-electron chi connectivity index (χ0n) is 20.2. The molecule has 0 bridgehead atoms. The number of rotatable bonds is 10. The Hall–Kier alpha value is -2.06. The average Bonchev–Trinajstić information content (AvgIpc) is 2.88. The summed E-state index contributed by atoms with van der Waals surface area (Å²) in [4.78, 5) is 38.9. The summed E-state index contributed by atoms with van der Waals surface area (Å²) in [6.07, 6.45) is -2.95. The van der Waals surface area contributed by atoms with E-state index < -0.39 is 36.4 Å². The van der Waals surface area contributed by atoms with Crippen LogP contribution in [0.2, 0.25) is 0 Å². The number of hydrogen-bond donors (Lipinski definition) is 5. The Kier molecular flexibility index (Phi) is 9.22. The molecule has 0 aliphatic carbocycles. The molecule has 4 rings (SSSR count). The number of nitrogens with one attached hydrogen (secondary N) is 2. The first-order valence-electron chi connectivity index (χ1n) is 12.0. The summed E-state index contributed by atoms with van der Waals surface area (Å²) in [5.41, 5.74) is 0.396. The minimum atomic E-state index is -1.31. The molecular weight excluding hydrogens is 566 g/mol. The molecule has 0 aromatic heterocycles. The van der Waals surface area contributed by atoms with Gasteiger partial charge in [0.05, 0.1) is 12.6 Å². The number of imide groups is 1. The number of carbonyl (C=O) groups excluding carboxylic acids is 3. The van der Waals surface area contributed by atoms with E-state index in [1.807, 2.05) is 18.2 Å². The predicted octanol–water partition coefficient (Wildman–Crippen LogP) is 0.855. The zero-order valence-corrected chi connectivity index (χ0v) is 22.6. The summed E-state index contributed by atoms with van der Waals surface area (Å²) in [6.45, 7) is 2.28. The molecule has 200 valence electrons. The van der Waals surface area contributed by atoms with E-state index in [0.29, 0.717) is 41.8 Å². The number of amides is 3. The fourth-order valence-electron chi connectivity index (χ4n) is 4.66. The van der Waals surface area contributed by atoms with Crippen LogP contribution in [-0.4, -0.2) is 99.7 Å². The smallest absolute Gasteiger partial charge is 0.261 e. The van der Waals surface area contributed by atoms with Gasteiger partial charge in [0.25, 0.3) is 11.8 Å². The topological polar surface area (TPSA) is 148 Å². The van der Waals surface area contributed by atoms with E-state index in [4.69, 9.17) is 4.74 Å². The van der Waals surface area contributed by atoms with Crippen molar-refractivity contribution < 1.29 is 34.4 Å². The van der Waals surface area contributed by atoms with Crippen LogP contribution in [0.25, 0.3) is 10.8 Å². The summed E-state index contributed by atoms with van der Waals surface area (Å²) < 4.78 is 6.53. The Morgan fingerprint density at radius 2 is 1.84 bits per heavy atom. The van der Waals surface area contributed by atoms with E-state index in [2.05, 4.69) is 26.6 Å². The fourth-order valence-corrected chi connectivity index (χ4v) is 6.28. The van der Waals surface area contributed by atoms with Gasteiger partial charge in [-0.05, 0) is 36.6 Å². The first-order valence-corrected chi connectivity index (χ1v) is 13.9. The lowest BCUT2D eigenvalue weighted by Crippen LogP contribution is -2.63. The van der Waals surface area contributed by atoms with Gasteiger partial charge >= 0.3 is 0 Å². The van der Waals surface area contributed by atoms with Gasteiger partial charge in [0.15, 0.2) is 0 Å². The highest BCUT2D eigenvalue weighted by Gasteiger charge is 2.44. The molecule has 5 atom stereocenters. The van der Waals surface area contributed by atoms with Gasteiger partial charge in [-0.25, -0.2) is 0 Å². The van der Waals surface area contributed by atoms with Gasteiger partial charge in [-0.15, -0.1) is 11.8 Å². The lowest BCUT2D eigenvalue weighted by Gasteiger charge is -2.42. The molecule has 2 aromatic rings. The summed E-state index contributed by atoms with van der Waals surface area (Å²) in [5.74, 6) is -0.392. The molecule has 5 N–H and O–H groups in total. The van der Waals surface area contributed by atoms with Crippen molar-refractivity contribution in [2.24, 2.45) is 0 Å². The second kappa shape index (κ2) is 12.2. The van der Waals surface area contributed by atoms with Crippen LogP contribution in [0, 0.1) is 0 Å². The second-order valence-corrected chi connectivity index (χ2v) is 11.1. The Morgan fingerprint density at radius 1 is 1.11 bits per heavy atom. The maximum atomic E-state index is 13.0. The molecular formula is C25H30BrN3O7S. The van der Waals surface area contributed by atoms with Crippen molar-refractivity contribution in [3.8, 4) is 0 Å². The van der Waals surface area contributed by atoms with Crippen molar-refractivity contribution in [1.82, 2.24) is 15.5 Å². The molecule has 10 nitrogen and oxygen atoms in total. The van der Waals surface area contributed by atoms with Gasteiger partial charge in [-0.3, -0.25) is 19.3 Å². The number of hydrogen-bond acceptors (Lipinski definition) is 9. The fraction of sp³-hybridized carbons (Fsp3) is 0.480. The number of ether oxygens (including phenoxy) is 1. The van der Waals surface area contributed by atoms with Crippen LogP contribution in [0.15, 0.2) is 34.8 Å². The average molecular weight is 597 g/mol. The highest BCUT2D eigenvalue weighted by Crippen LogP contribution is 2.34. The van der Waals surface area contributed by atoms with Crippen molar-refractivity contribution in [3.05, 3.63) is 45.9 Å². The third-order valence-corrected chi connectivity index (χ3v) is 8.35. The van der Waals surface area contributed by atoms with Crippen LogP contribution in [-0.2, 0) is 9.53 Å². The maximum absolute atomic E-state index is 13.0. The third-order valence-electron chi connectivity index (χ3n) is 6.49. The molecule has 1 saturated heterocycles. The van der Waals surface area contributed by atoms with Crippen LogP contribution in [0.1, 0.15) is 34.1 Å². The molecule has 3 amide bonds. The van der Waals surface area contributed by atoms with Gasteiger partial charge in [0.2, 0.25) is 5.91 Å². The molecule has 2 aliphatic rings. The second-order valence-electron chi connectivity index (χ2n) is 8.99. The number of benzene rings is 2. The quantitative estimate of drug-likeness (QED) is 0.199. The van der Waals surface area contributed by atoms with Crippen molar-refractivity contribution in [2.45, 2.75) is 43.1 Å². The van der Waals surface area contributed by atoms with Crippen molar-refractivity contribution in [2.75, 3.05) is 32.0 Å². The molecule has 2 heterocycles. The minimum absolute atomic E-state index is 0.280. The van der Waals surface area contributed by atoms with E-state index >= 15 is 0 Å². The van der Waals surface area contributed by atoms with Crippen molar-refractivity contribution in [1.29, 1.82) is 0 Å². The Labute approximate surface area is 226 Å². The highest BCUT2D eigenvalue weighted by atomic mass is 79.9. The van der Waals surface area contributed by atoms with Crippen molar-refractivity contribution in [3.63, 3.8) is 0 Å². The first kappa shape index (κ1) is 28.0. The number of thioether (sulfide) groups is 1. The van der Waals surface area contributed by atoms with Crippen LogP contribution < -0.4 is 10.6 Å². The summed E-state index contributed by atoms with van der Waals surface area (Å²) in [7, 11) is 0. The Balaban J connectivity index is 1.25. The van der Waals surface area contributed by atoms with Gasteiger partial charge in [-0.1, -0.05) is 28.1 Å². The summed E-state index contributed by atoms with van der Waals surface area (Å²) in [5, 5.41) is 37.3. The zero-order chi connectivity index (χ0) is 26.7. The summed E-state index contributed by atoms with van der Waals surface area (Å²) >= 11 is 4.83. The number of carbonyl (C=O) groups is 3. The Morgan fingerprint density at radius 3 is 2.54 bits per heavy atom. The standard InChI is InChI=1S/C25H30BrN3O7S/c1-13(31)28-20-22(33)21(32)18(12-30)36-25(20)37-11-9-27-8-3-10-29-23(34)15-5-2-4-14-17(26)7-6-16(19(14)15)24(29)35/h2,4-7,18,20-22,25,27,30,32-33H,3,8-12H2,1H3,(H,28,31)/t18-,20-,21-,22-,25+/m1/s1. The highest BCUT2D eigenvalue weighted by molar-refractivity contribution is 9.10. The molecule has 37 heavy (non-hydrogen) atoms. The largest absolute Gasteiger partial charge is 0.394 e. The van der Waals surface area contributed by atoms with Crippen molar-refractivity contribution >= 4 is 56.2 Å². The van der Waals surface area contributed by atoms with E-state index in [1.54, 1.807) is 12.1 Å². The van der Waals surface area contributed by atoms with E-state index in [-0.39, 0.29) is 24.3 Å². The van der Waals surface area contributed by atoms with E-state index in [9.17, 15) is 29.7 Å². The van der Waals surface area contributed by atoms with Gasteiger partial charge in [0.1, 0.15) is 23.7 Å². The molecule has 12 heteroatoms. The monoisotopic (exact) mass is 595 g/mol. The van der Waals surface area contributed by atoms with Gasteiger partial charge in [-0.2, -0.15) is 0 Å². The van der Waals surface area contributed by atoms with Gasteiger partial charge in [0, 0.05) is 46.8 Å². The van der Waals surface area contributed by atoms with E-state index in [0.717, 1.165) is 9.86 Å². The SMILES string of the molecule is CC(=O)N[C@@H]1[C@@H](O)[C@H](O)[C@@H](CO)O[C@H]1SCCNCCCN1C(=O)c2cccc3c(Br)ccc(c23)C1=O. The molecule has 2 aliphatic heterocycles. The lowest BCUT2D eigenvalue weighted by atomic mass is 9.94. The molecule has 0 spiro atoms. The first-order chi connectivity index (χ1) is 17.7. The van der Waals surface area contributed by atoms with Crippen LogP contribution in [0.3, 0.4) is 0 Å². The summed E-state index contributed by atoms with van der Waals surface area (Å²) in [6, 6.07) is 8.19. The van der Waals surface area contributed by atoms with Crippen LogP contribution >= 0.6 is 27.7 Å². The normalized spacial score (nSPS) is 25.5. The number of aliphatic hydroxyl groups is 3. The van der Waals surface area contributed by atoms with Gasteiger partial charge < -0.3 is 30.7 Å². The number of halogens is 1. The molecule has 1 fully saturated rings.